The zero-order valence-electron chi connectivity index (χ0n) is 17.8. The fourth-order valence-corrected chi connectivity index (χ4v) is 4.38. The number of allylic oxidation sites excluding steroid dienone is 1. The van der Waals surface area contributed by atoms with Crippen LogP contribution in [0.25, 0.3) is 0 Å². The molecule has 1 aliphatic rings. The first kappa shape index (κ1) is 21.0. The third-order valence-electron chi connectivity index (χ3n) is 5.68. The molecule has 0 spiro atoms. The predicted octanol–water partition coefficient (Wildman–Crippen LogP) is 5.66. The quantitative estimate of drug-likeness (QED) is 0.665. The molecule has 1 heterocycles. The minimum atomic E-state index is -0.714. The fraction of sp³-hybridized carbons (Fsp3) is 0.385. The van der Waals surface area contributed by atoms with Crippen molar-refractivity contribution in [3.8, 4) is 0 Å². The lowest BCUT2D eigenvalue weighted by Gasteiger charge is -2.25. The van der Waals surface area contributed by atoms with Crippen LogP contribution >= 0.6 is 0 Å². The molecule has 0 radical (unpaired) electrons. The van der Waals surface area contributed by atoms with Gasteiger partial charge in [-0.1, -0.05) is 80.1 Å². The Morgan fingerprint density at radius 1 is 1.00 bits per heavy atom. The minimum absolute atomic E-state index is 0.175. The maximum absolute atomic E-state index is 13.0. The van der Waals surface area contributed by atoms with Gasteiger partial charge in [0.05, 0.1) is 0 Å². The largest absolute Gasteiger partial charge is 0.384 e. The molecule has 152 valence electrons. The first-order valence-corrected chi connectivity index (χ1v) is 10.6. The molecule has 0 amide bonds. The topological polar surface area (TPSA) is 55.4 Å². The number of carbonyl (C=O) groups excluding carboxylic acids is 1. The molecule has 2 N–H and O–H groups in total. The Hall–Kier alpha value is -2.68. The van der Waals surface area contributed by atoms with E-state index in [1.807, 2.05) is 25.1 Å². The molecule has 0 fully saturated rings. The van der Waals surface area contributed by atoms with Crippen molar-refractivity contribution in [1.82, 2.24) is 0 Å². The molecule has 3 rings (SSSR count). The SMILES string of the molecule is CC(C)CC1(C)N=C(N)C=C(CCC(c2ccccc2)c2ccccc2)CC1=O. The summed E-state index contributed by atoms with van der Waals surface area (Å²) in [6, 6.07) is 21.2. The van der Waals surface area contributed by atoms with Crippen molar-refractivity contribution >= 4 is 11.6 Å². The van der Waals surface area contributed by atoms with Crippen LogP contribution < -0.4 is 5.73 Å². The van der Waals surface area contributed by atoms with E-state index >= 15 is 0 Å². The van der Waals surface area contributed by atoms with Gasteiger partial charge in [-0.2, -0.15) is 0 Å². The molecule has 2 aromatic carbocycles. The van der Waals surface area contributed by atoms with Gasteiger partial charge in [-0.25, -0.2) is 0 Å². The third kappa shape index (κ3) is 5.44. The zero-order chi connectivity index (χ0) is 20.9. The summed E-state index contributed by atoms with van der Waals surface area (Å²) in [5.41, 5.74) is 9.15. The highest BCUT2D eigenvalue weighted by Gasteiger charge is 2.35. The van der Waals surface area contributed by atoms with Crippen molar-refractivity contribution in [2.75, 3.05) is 0 Å². The summed E-state index contributed by atoms with van der Waals surface area (Å²) in [7, 11) is 0. The maximum atomic E-state index is 13.0. The third-order valence-corrected chi connectivity index (χ3v) is 5.68. The molecule has 2 aromatic rings. The second-order valence-corrected chi connectivity index (χ2v) is 8.72. The molecule has 1 aliphatic heterocycles. The van der Waals surface area contributed by atoms with Crippen LogP contribution in [0.2, 0.25) is 0 Å². The van der Waals surface area contributed by atoms with Crippen LogP contribution in [0.4, 0.5) is 0 Å². The van der Waals surface area contributed by atoms with Crippen LogP contribution in [-0.4, -0.2) is 17.2 Å². The average molecular weight is 389 g/mol. The summed E-state index contributed by atoms with van der Waals surface area (Å²) in [4.78, 5) is 17.6. The van der Waals surface area contributed by atoms with Crippen LogP contribution in [0.3, 0.4) is 0 Å². The highest BCUT2D eigenvalue weighted by atomic mass is 16.1. The summed E-state index contributed by atoms with van der Waals surface area (Å²) in [5, 5.41) is 0. The molecule has 0 saturated heterocycles. The van der Waals surface area contributed by atoms with Gasteiger partial charge in [0.1, 0.15) is 11.4 Å². The Morgan fingerprint density at radius 3 is 2.07 bits per heavy atom. The predicted molar refractivity (Wildman–Crippen MR) is 121 cm³/mol. The summed E-state index contributed by atoms with van der Waals surface area (Å²) < 4.78 is 0. The Balaban J connectivity index is 1.78. The van der Waals surface area contributed by atoms with Gasteiger partial charge in [0.2, 0.25) is 0 Å². The number of hydrogen-bond acceptors (Lipinski definition) is 3. The molecule has 3 nitrogen and oxygen atoms in total. The molecule has 1 atom stereocenters. The summed E-state index contributed by atoms with van der Waals surface area (Å²) in [6.07, 6.45) is 4.85. The second kappa shape index (κ2) is 9.21. The lowest BCUT2D eigenvalue weighted by Crippen LogP contribution is -2.35. The van der Waals surface area contributed by atoms with E-state index in [0.29, 0.717) is 18.2 Å². The number of amidine groups is 1. The van der Waals surface area contributed by atoms with Crippen LogP contribution in [0, 0.1) is 5.92 Å². The first-order valence-electron chi connectivity index (χ1n) is 10.6. The molecular weight excluding hydrogens is 356 g/mol. The highest BCUT2D eigenvalue weighted by Crippen LogP contribution is 2.33. The zero-order valence-corrected chi connectivity index (χ0v) is 17.8. The number of nitrogens with two attached hydrogens (primary N) is 1. The van der Waals surface area contributed by atoms with E-state index in [0.717, 1.165) is 24.8 Å². The molecule has 0 bridgehead atoms. The smallest absolute Gasteiger partial charge is 0.164 e. The van der Waals surface area contributed by atoms with Crippen LogP contribution in [0.15, 0.2) is 77.3 Å². The number of hydrogen-bond donors (Lipinski definition) is 1. The number of benzene rings is 2. The molecule has 0 aliphatic carbocycles. The molecule has 3 heteroatoms. The Kier molecular flexibility index (Phi) is 6.68. The fourth-order valence-electron chi connectivity index (χ4n) is 4.38. The maximum Gasteiger partial charge on any atom is 0.164 e. The summed E-state index contributed by atoms with van der Waals surface area (Å²) >= 11 is 0. The van der Waals surface area contributed by atoms with Gasteiger partial charge in [-0.15, -0.1) is 0 Å². The molecule has 1 unspecified atom stereocenters. The lowest BCUT2D eigenvalue weighted by atomic mass is 9.83. The Bertz CT molecular complexity index is 844. The number of rotatable bonds is 7. The van der Waals surface area contributed by atoms with Crippen molar-refractivity contribution in [2.24, 2.45) is 16.6 Å². The normalized spacial score (nSPS) is 19.8. The minimum Gasteiger partial charge on any atom is -0.384 e. The monoisotopic (exact) mass is 388 g/mol. The van der Waals surface area contributed by atoms with E-state index < -0.39 is 5.54 Å². The van der Waals surface area contributed by atoms with E-state index in [9.17, 15) is 4.79 Å². The number of ketones is 1. The van der Waals surface area contributed by atoms with Crippen LogP contribution in [0.5, 0.6) is 0 Å². The van der Waals surface area contributed by atoms with Gasteiger partial charge in [0.25, 0.3) is 0 Å². The van der Waals surface area contributed by atoms with Gasteiger partial charge in [-0.05, 0) is 49.3 Å². The van der Waals surface area contributed by atoms with Crippen molar-refractivity contribution in [2.45, 2.75) is 57.9 Å². The molecule has 0 saturated carbocycles. The second-order valence-electron chi connectivity index (χ2n) is 8.72. The van der Waals surface area contributed by atoms with Crippen LogP contribution in [0.1, 0.15) is 63.5 Å². The van der Waals surface area contributed by atoms with E-state index in [1.165, 1.54) is 11.1 Å². The van der Waals surface area contributed by atoms with Crippen molar-refractivity contribution in [3.63, 3.8) is 0 Å². The number of carbonyl (C=O) groups is 1. The van der Waals surface area contributed by atoms with Gasteiger partial charge in [0, 0.05) is 12.3 Å². The van der Waals surface area contributed by atoms with Crippen molar-refractivity contribution < 1.29 is 4.79 Å². The average Bonchev–Trinajstić information content (AvgIpc) is 2.78. The molecule has 0 aromatic heterocycles. The standard InChI is InChI=1S/C26H32N2O/c1-19(2)18-26(3)24(29)16-20(17-25(27)28-26)14-15-23(21-10-6-4-7-11-21)22-12-8-5-9-13-22/h4-13,17,19,23H,14-16,18H2,1-3H3,(H2,27,28). The first-order chi connectivity index (χ1) is 13.9. The number of aliphatic imine (C=N–C) groups is 1. The number of nitrogens with zero attached hydrogens (tertiary/aromatic N) is 1. The number of Topliss-reactive ketones (excluding diaryl/α,β-unsaturated/α-hetero) is 1. The van der Waals surface area contributed by atoms with Crippen LogP contribution in [-0.2, 0) is 4.79 Å². The lowest BCUT2D eigenvalue weighted by molar-refractivity contribution is -0.123. The van der Waals surface area contributed by atoms with Gasteiger partial charge >= 0.3 is 0 Å². The van der Waals surface area contributed by atoms with E-state index in [2.05, 4.69) is 67.4 Å². The van der Waals surface area contributed by atoms with E-state index in [4.69, 9.17) is 5.73 Å². The van der Waals surface area contributed by atoms with Crippen molar-refractivity contribution in [1.29, 1.82) is 0 Å². The van der Waals surface area contributed by atoms with Gasteiger partial charge in [-0.3, -0.25) is 9.79 Å². The van der Waals surface area contributed by atoms with E-state index in [1.54, 1.807) is 0 Å². The highest BCUT2D eigenvalue weighted by molar-refractivity contribution is 6.00. The Labute approximate surface area is 174 Å². The van der Waals surface area contributed by atoms with E-state index in [-0.39, 0.29) is 11.7 Å². The van der Waals surface area contributed by atoms with Crippen molar-refractivity contribution in [3.05, 3.63) is 83.4 Å². The molecular formula is C26H32N2O. The summed E-state index contributed by atoms with van der Waals surface area (Å²) in [5.74, 6) is 1.33. The summed E-state index contributed by atoms with van der Waals surface area (Å²) in [6.45, 7) is 6.16. The Morgan fingerprint density at radius 2 is 1.55 bits per heavy atom. The van der Waals surface area contributed by atoms with Gasteiger partial charge < -0.3 is 5.73 Å². The van der Waals surface area contributed by atoms with Gasteiger partial charge in [0.15, 0.2) is 5.78 Å². The molecule has 29 heavy (non-hydrogen) atoms.